The molecule has 0 saturated carbocycles. The highest BCUT2D eigenvalue weighted by molar-refractivity contribution is 5.94. The first-order valence-corrected chi connectivity index (χ1v) is 10.1. The third-order valence-corrected chi connectivity index (χ3v) is 4.69. The highest BCUT2D eigenvalue weighted by atomic mass is 16.5. The largest absolute Gasteiger partial charge is 0.481 e. The van der Waals surface area contributed by atoms with E-state index in [4.69, 9.17) is 9.47 Å². The number of carbonyl (C=O) groups is 2. The quantitative estimate of drug-likeness (QED) is 0.636. The Morgan fingerprint density at radius 2 is 1.63 bits per heavy atom. The highest BCUT2D eigenvalue weighted by Gasteiger charge is 2.19. The van der Waals surface area contributed by atoms with Crippen LogP contribution in [-0.4, -0.2) is 35.8 Å². The molecule has 0 aliphatic carbocycles. The predicted octanol–water partition coefficient (Wildman–Crippen LogP) is 4.42. The van der Waals surface area contributed by atoms with E-state index in [2.05, 4.69) is 26.1 Å². The molecule has 6 nitrogen and oxygen atoms in total. The van der Waals surface area contributed by atoms with Crippen molar-refractivity contribution in [2.75, 3.05) is 11.9 Å². The molecule has 0 heterocycles. The Balaban J connectivity index is 1.92. The first kappa shape index (κ1) is 23.4. The van der Waals surface area contributed by atoms with Crippen molar-refractivity contribution < 1.29 is 24.2 Å². The second-order valence-electron chi connectivity index (χ2n) is 8.21. The zero-order valence-electron chi connectivity index (χ0n) is 18.3. The molecule has 2 aromatic carbocycles. The fourth-order valence-electron chi connectivity index (χ4n) is 2.89. The van der Waals surface area contributed by atoms with Gasteiger partial charge in [-0.05, 0) is 54.7 Å². The lowest BCUT2D eigenvalue weighted by Crippen LogP contribution is -2.30. The SMILES string of the molecule is CCO[C@@H](Cc1ccc(O[C@H](C)C(=O)Nc2ccc(C(C)(C)C)cc2)cc1)C(=O)O. The third-order valence-electron chi connectivity index (χ3n) is 4.69. The zero-order chi connectivity index (χ0) is 22.3. The Morgan fingerprint density at radius 1 is 1.03 bits per heavy atom. The predicted molar refractivity (Wildman–Crippen MR) is 117 cm³/mol. The van der Waals surface area contributed by atoms with Crippen LogP contribution in [0.4, 0.5) is 5.69 Å². The number of nitrogens with one attached hydrogen (secondary N) is 1. The number of hydrogen-bond acceptors (Lipinski definition) is 4. The molecule has 2 N–H and O–H groups in total. The van der Waals surface area contributed by atoms with Crippen molar-refractivity contribution >= 4 is 17.6 Å². The molecule has 6 heteroatoms. The molecule has 2 aromatic rings. The van der Waals surface area contributed by atoms with Crippen molar-refractivity contribution in [3.8, 4) is 5.75 Å². The number of rotatable bonds is 9. The number of amides is 1. The van der Waals surface area contributed by atoms with E-state index in [0.717, 1.165) is 11.3 Å². The number of aliphatic carboxylic acids is 1. The summed E-state index contributed by atoms with van der Waals surface area (Å²) in [6.45, 7) is 10.2. The average Bonchev–Trinajstić information content (AvgIpc) is 2.68. The second-order valence-corrected chi connectivity index (χ2v) is 8.21. The second kappa shape index (κ2) is 10.3. The number of carboxylic acid groups (broad SMARTS) is 1. The average molecular weight is 414 g/mol. The summed E-state index contributed by atoms with van der Waals surface area (Å²) >= 11 is 0. The Hall–Kier alpha value is -2.86. The molecular formula is C24H31NO5. The molecule has 2 atom stereocenters. The minimum Gasteiger partial charge on any atom is -0.481 e. The lowest BCUT2D eigenvalue weighted by molar-refractivity contribution is -0.149. The van der Waals surface area contributed by atoms with Gasteiger partial charge in [-0.3, -0.25) is 4.79 Å². The molecule has 0 unspecified atom stereocenters. The summed E-state index contributed by atoms with van der Waals surface area (Å²) in [6, 6.07) is 14.8. The molecule has 30 heavy (non-hydrogen) atoms. The summed E-state index contributed by atoms with van der Waals surface area (Å²) in [6.07, 6.45) is -1.30. The summed E-state index contributed by atoms with van der Waals surface area (Å²) in [5.74, 6) is -0.698. The van der Waals surface area contributed by atoms with Crippen LogP contribution in [-0.2, 0) is 26.2 Å². The lowest BCUT2D eigenvalue weighted by atomic mass is 9.87. The van der Waals surface area contributed by atoms with Gasteiger partial charge in [-0.1, -0.05) is 45.0 Å². The minimum atomic E-state index is -0.988. The van der Waals surface area contributed by atoms with Crippen molar-refractivity contribution in [2.45, 2.75) is 58.7 Å². The van der Waals surface area contributed by atoms with Gasteiger partial charge in [0.15, 0.2) is 12.2 Å². The minimum absolute atomic E-state index is 0.0538. The van der Waals surface area contributed by atoms with Crippen LogP contribution in [0.5, 0.6) is 5.75 Å². The smallest absolute Gasteiger partial charge is 0.333 e. The van der Waals surface area contributed by atoms with E-state index in [1.54, 1.807) is 38.1 Å². The number of anilines is 1. The fourth-order valence-corrected chi connectivity index (χ4v) is 2.89. The van der Waals surface area contributed by atoms with E-state index in [1.807, 2.05) is 24.3 Å². The van der Waals surface area contributed by atoms with Gasteiger partial charge in [0.25, 0.3) is 5.91 Å². The van der Waals surface area contributed by atoms with Crippen LogP contribution in [0.25, 0.3) is 0 Å². The molecule has 162 valence electrons. The summed E-state index contributed by atoms with van der Waals surface area (Å²) in [5.41, 5.74) is 2.78. The number of benzene rings is 2. The van der Waals surface area contributed by atoms with Gasteiger partial charge < -0.3 is 19.9 Å². The Morgan fingerprint density at radius 3 is 2.13 bits per heavy atom. The fraction of sp³-hybridized carbons (Fsp3) is 0.417. The van der Waals surface area contributed by atoms with Crippen molar-refractivity contribution in [3.05, 3.63) is 59.7 Å². The van der Waals surface area contributed by atoms with Gasteiger partial charge in [0.2, 0.25) is 0 Å². The van der Waals surface area contributed by atoms with Crippen LogP contribution in [0.3, 0.4) is 0 Å². The van der Waals surface area contributed by atoms with E-state index >= 15 is 0 Å². The van der Waals surface area contributed by atoms with Crippen LogP contribution in [0.2, 0.25) is 0 Å². The first-order chi connectivity index (χ1) is 14.1. The van der Waals surface area contributed by atoms with Gasteiger partial charge in [0, 0.05) is 18.7 Å². The molecule has 2 rings (SSSR count). The van der Waals surface area contributed by atoms with Gasteiger partial charge in [0.05, 0.1) is 0 Å². The lowest BCUT2D eigenvalue weighted by Gasteiger charge is -2.20. The molecule has 0 fully saturated rings. The molecule has 0 aliphatic heterocycles. The van der Waals surface area contributed by atoms with Gasteiger partial charge >= 0.3 is 5.97 Å². The summed E-state index contributed by atoms with van der Waals surface area (Å²) in [5, 5.41) is 12.0. The molecule has 0 radical (unpaired) electrons. The van der Waals surface area contributed by atoms with E-state index in [1.165, 1.54) is 5.56 Å². The van der Waals surface area contributed by atoms with Crippen LogP contribution in [0.15, 0.2) is 48.5 Å². The molecule has 0 bridgehead atoms. The van der Waals surface area contributed by atoms with Gasteiger partial charge in [-0.15, -0.1) is 0 Å². The Bertz CT molecular complexity index is 837. The van der Waals surface area contributed by atoms with Crippen LogP contribution in [0.1, 0.15) is 45.7 Å². The summed E-state index contributed by atoms with van der Waals surface area (Å²) in [7, 11) is 0. The Kier molecular flexibility index (Phi) is 8.00. The first-order valence-electron chi connectivity index (χ1n) is 10.1. The number of ether oxygens (including phenoxy) is 2. The maximum absolute atomic E-state index is 12.4. The number of hydrogen-bond donors (Lipinski definition) is 2. The third kappa shape index (κ3) is 6.88. The van der Waals surface area contributed by atoms with E-state index in [0.29, 0.717) is 12.4 Å². The zero-order valence-corrected chi connectivity index (χ0v) is 18.3. The summed E-state index contributed by atoms with van der Waals surface area (Å²) in [4.78, 5) is 23.6. The van der Waals surface area contributed by atoms with Gasteiger partial charge in [0.1, 0.15) is 5.75 Å². The number of carbonyl (C=O) groups excluding carboxylic acids is 1. The number of carboxylic acids is 1. The van der Waals surface area contributed by atoms with Crippen molar-refractivity contribution in [1.82, 2.24) is 0 Å². The Labute approximate surface area is 178 Å². The molecule has 1 amide bonds. The normalized spacial score (nSPS) is 13.4. The van der Waals surface area contributed by atoms with E-state index < -0.39 is 18.2 Å². The summed E-state index contributed by atoms with van der Waals surface area (Å²) < 4.78 is 11.0. The van der Waals surface area contributed by atoms with E-state index in [-0.39, 0.29) is 17.7 Å². The van der Waals surface area contributed by atoms with Crippen molar-refractivity contribution in [1.29, 1.82) is 0 Å². The molecule has 0 spiro atoms. The maximum Gasteiger partial charge on any atom is 0.333 e. The monoisotopic (exact) mass is 413 g/mol. The highest BCUT2D eigenvalue weighted by Crippen LogP contribution is 2.23. The van der Waals surface area contributed by atoms with Crippen LogP contribution in [0, 0.1) is 0 Å². The standard InChI is InChI=1S/C24H31NO5/c1-6-29-21(23(27)28)15-17-7-13-20(14-8-17)30-16(2)22(26)25-19-11-9-18(10-12-19)24(3,4)5/h7-14,16,21H,6,15H2,1-5H3,(H,25,26)(H,27,28)/t16-,21+/m1/s1. The molecule has 0 aliphatic rings. The van der Waals surface area contributed by atoms with Crippen LogP contribution >= 0.6 is 0 Å². The van der Waals surface area contributed by atoms with Crippen molar-refractivity contribution in [2.24, 2.45) is 0 Å². The van der Waals surface area contributed by atoms with Gasteiger partial charge in [-0.2, -0.15) is 0 Å². The molecular weight excluding hydrogens is 382 g/mol. The van der Waals surface area contributed by atoms with E-state index in [9.17, 15) is 14.7 Å². The molecule has 0 aromatic heterocycles. The maximum atomic E-state index is 12.4. The van der Waals surface area contributed by atoms with Crippen molar-refractivity contribution in [3.63, 3.8) is 0 Å². The topological polar surface area (TPSA) is 84.9 Å². The van der Waals surface area contributed by atoms with Crippen LogP contribution < -0.4 is 10.1 Å². The molecule has 0 saturated heterocycles. The van der Waals surface area contributed by atoms with Gasteiger partial charge in [-0.25, -0.2) is 4.79 Å².